The van der Waals surface area contributed by atoms with E-state index in [2.05, 4.69) is 31.6 Å². The fourth-order valence-electron chi connectivity index (χ4n) is 3.25. The van der Waals surface area contributed by atoms with Gasteiger partial charge in [0, 0.05) is 31.6 Å². The number of hydrogen-bond donors (Lipinski definition) is 2. The lowest BCUT2D eigenvalue weighted by Gasteiger charge is -2.33. The van der Waals surface area contributed by atoms with Crippen LogP contribution in [0.2, 0.25) is 0 Å². The van der Waals surface area contributed by atoms with Gasteiger partial charge in [-0.15, -0.1) is 35.3 Å². The SMILES string of the molecule is CN=C(NCc1sc(C)nc1C)NCC(c1ccc(C)o1)N1CCOCC1.I. The van der Waals surface area contributed by atoms with Crippen molar-refractivity contribution < 1.29 is 9.15 Å². The van der Waals surface area contributed by atoms with E-state index in [-0.39, 0.29) is 30.0 Å². The van der Waals surface area contributed by atoms with Gasteiger partial charge in [0.1, 0.15) is 11.5 Å². The molecule has 0 aliphatic carbocycles. The molecule has 28 heavy (non-hydrogen) atoms. The lowest BCUT2D eigenvalue weighted by Crippen LogP contribution is -2.46. The summed E-state index contributed by atoms with van der Waals surface area (Å²) in [7, 11) is 1.79. The number of aromatic nitrogens is 1. The lowest BCUT2D eigenvalue weighted by atomic mass is 10.1. The van der Waals surface area contributed by atoms with Crippen molar-refractivity contribution in [3.8, 4) is 0 Å². The average molecular weight is 519 g/mol. The Bertz CT molecular complexity index is 770. The molecule has 3 rings (SSSR count). The van der Waals surface area contributed by atoms with Crippen molar-refractivity contribution in [2.45, 2.75) is 33.4 Å². The van der Waals surface area contributed by atoms with Crippen LogP contribution in [0, 0.1) is 20.8 Å². The van der Waals surface area contributed by atoms with Gasteiger partial charge in [-0.25, -0.2) is 4.98 Å². The molecule has 1 unspecified atom stereocenters. The highest BCUT2D eigenvalue weighted by molar-refractivity contribution is 14.0. The van der Waals surface area contributed by atoms with E-state index in [0.29, 0.717) is 6.54 Å². The van der Waals surface area contributed by atoms with Crippen molar-refractivity contribution >= 4 is 41.3 Å². The number of hydrogen-bond acceptors (Lipinski definition) is 6. The second kappa shape index (κ2) is 11.1. The number of thiazole rings is 1. The van der Waals surface area contributed by atoms with Gasteiger partial charge in [-0.3, -0.25) is 9.89 Å². The minimum absolute atomic E-state index is 0. The summed E-state index contributed by atoms with van der Waals surface area (Å²) in [5.41, 5.74) is 1.08. The molecule has 7 nitrogen and oxygen atoms in total. The van der Waals surface area contributed by atoms with E-state index >= 15 is 0 Å². The van der Waals surface area contributed by atoms with Gasteiger partial charge in [0.2, 0.25) is 0 Å². The molecule has 0 spiro atoms. The Kier molecular flexibility index (Phi) is 9.19. The van der Waals surface area contributed by atoms with Crippen LogP contribution in [0.25, 0.3) is 0 Å². The predicted molar refractivity (Wildman–Crippen MR) is 124 cm³/mol. The molecule has 0 bridgehead atoms. The monoisotopic (exact) mass is 519 g/mol. The molecule has 2 N–H and O–H groups in total. The molecule has 2 aromatic rings. The smallest absolute Gasteiger partial charge is 0.191 e. The largest absolute Gasteiger partial charge is 0.465 e. The van der Waals surface area contributed by atoms with Crippen LogP contribution in [0.1, 0.15) is 33.1 Å². The molecular formula is C19H30IN5O2S. The van der Waals surface area contributed by atoms with Gasteiger partial charge in [0.15, 0.2) is 5.96 Å². The molecule has 0 amide bonds. The van der Waals surface area contributed by atoms with Crippen LogP contribution in [0.3, 0.4) is 0 Å². The third-order valence-corrected chi connectivity index (χ3v) is 5.75. The molecule has 9 heteroatoms. The van der Waals surface area contributed by atoms with E-state index in [9.17, 15) is 0 Å². The fourth-order valence-corrected chi connectivity index (χ4v) is 4.12. The van der Waals surface area contributed by atoms with Crippen LogP contribution in [-0.2, 0) is 11.3 Å². The van der Waals surface area contributed by atoms with E-state index in [4.69, 9.17) is 9.15 Å². The van der Waals surface area contributed by atoms with Crippen molar-refractivity contribution in [1.82, 2.24) is 20.5 Å². The molecule has 0 aromatic carbocycles. The van der Waals surface area contributed by atoms with Crippen LogP contribution < -0.4 is 10.6 Å². The first-order chi connectivity index (χ1) is 13.1. The Balaban J connectivity index is 0.00000280. The molecule has 3 heterocycles. The first kappa shape index (κ1) is 23.1. The van der Waals surface area contributed by atoms with E-state index in [1.165, 1.54) is 4.88 Å². The summed E-state index contributed by atoms with van der Waals surface area (Å²) in [6.45, 7) is 10.8. The average Bonchev–Trinajstić information content (AvgIpc) is 3.23. The Hall–Kier alpha value is -1.17. The number of morpholine rings is 1. The van der Waals surface area contributed by atoms with Gasteiger partial charge < -0.3 is 19.8 Å². The number of aryl methyl sites for hydroxylation is 3. The van der Waals surface area contributed by atoms with Crippen LogP contribution >= 0.6 is 35.3 Å². The highest BCUT2D eigenvalue weighted by Gasteiger charge is 2.25. The number of rotatable bonds is 6. The van der Waals surface area contributed by atoms with Gasteiger partial charge in [0.05, 0.1) is 36.5 Å². The molecular weight excluding hydrogens is 489 g/mol. The van der Waals surface area contributed by atoms with Gasteiger partial charge in [-0.05, 0) is 32.9 Å². The third kappa shape index (κ3) is 6.16. The number of nitrogens with zero attached hydrogens (tertiary/aromatic N) is 3. The van der Waals surface area contributed by atoms with Crippen molar-refractivity contribution in [3.63, 3.8) is 0 Å². The third-order valence-electron chi connectivity index (χ3n) is 4.68. The van der Waals surface area contributed by atoms with Gasteiger partial charge in [-0.1, -0.05) is 0 Å². The number of halogens is 1. The molecule has 1 atom stereocenters. The standard InChI is InChI=1S/C19H29N5O2S.HI/c1-13-5-6-17(26-13)16(24-7-9-25-10-8-24)11-21-19(20-4)22-12-18-14(2)23-15(3)27-18;/h5-6,16H,7-12H2,1-4H3,(H2,20,21,22);1H. The van der Waals surface area contributed by atoms with Crippen LogP contribution in [0.4, 0.5) is 0 Å². The molecule has 1 saturated heterocycles. The number of guanidine groups is 1. The van der Waals surface area contributed by atoms with Gasteiger partial charge >= 0.3 is 0 Å². The molecule has 0 radical (unpaired) electrons. The normalized spacial score (nSPS) is 16.5. The maximum atomic E-state index is 5.92. The Morgan fingerprint density at radius 2 is 2.00 bits per heavy atom. The quantitative estimate of drug-likeness (QED) is 0.347. The molecule has 1 aliphatic rings. The zero-order chi connectivity index (χ0) is 19.2. The number of nitrogens with one attached hydrogen (secondary N) is 2. The zero-order valence-electron chi connectivity index (χ0n) is 16.9. The second-order valence-electron chi connectivity index (χ2n) is 6.66. The topological polar surface area (TPSA) is 74.9 Å². The fraction of sp³-hybridized carbons (Fsp3) is 0.579. The van der Waals surface area contributed by atoms with Crippen LogP contribution in [0.5, 0.6) is 0 Å². The molecule has 1 aliphatic heterocycles. The zero-order valence-corrected chi connectivity index (χ0v) is 20.1. The molecule has 2 aromatic heterocycles. The second-order valence-corrected chi connectivity index (χ2v) is 7.95. The van der Waals surface area contributed by atoms with Crippen molar-refractivity contribution in [2.75, 3.05) is 39.9 Å². The van der Waals surface area contributed by atoms with Crippen molar-refractivity contribution in [1.29, 1.82) is 0 Å². The lowest BCUT2D eigenvalue weighted by molar-refractivity contribution is 0.0124. The highest BCUT2D eigenvalue weighted by atomic mass is 127. The van der Waals surface area contributed by atoms with Gasteiger partial charge in [0.25, 0.3) is 0 Å². The summed E-state index contributed by atoms with van der Waals surface area (Å²) in [6.07, 6.45) is 0. The van der Waals surface area contributed by atoms with Crippen molar-refractivity contribution in [2.24, 2.45) is 4.99 Å². The van der Waals surface area contributed by atoms with E-state index in [1.807, 2.05) is 26.8 Å². The first-order valence-electron chi connectivity index (χ1n) is 9.32. The van der Waals surface area contributed by atoms with Crippen molar-refractivity contribution in [3.05, 3.63) is 39.2 Å². The van der Waals surface area contributed by atoms with Crippen LogP contribution in [0.15, 0.2) is 21.5 Å². The van der Waals surface area contributed by atoms with Crippen LogP contribution in [-0.4, -0.2) is 55.7 Å². The Labute approximate surface area is 188 Å². The summed E-state index contributed by atoms with van der Waals surface area (Å²) in [4.78, 5) is 12.5. The number of aliphatic imine (C=N–C) groups is 1. The first-order valence-corrected chi connectivity index (χ1v) is 10.1. The molecule has 156 valence electrons. The minimum atomic E-state index is 0. The van der Waals surface area contributed by atoms with Gasteiger partial charge in [-0.2, -0.15) is 0 Å². The maximum Gasteiger partial charge on any atom is 0.191 e. The maximum absolute atomic E-state index is 5.92. The summed E-state index contributed by atoms with van der Waals surface area (Å²) >= 11 is 1.72. The highest BCUT2D eigenvalue weighted by Crippen LogP contribution is 2.23. The summed E-state index contributed by atoms with van der Waals surface area (Å²) < 4.78 is 11.4. The minimum Gasteiger partial charge on any atom is -0.465 e. The van der Waals surface area contributed by atoms with E-state index < -0.39 is 0 Å². The Morgan fingerprint density at radius 1 is 1.25 bits per heavy atom. The van der Waals surface area contributed by atoms with E-state index in [1.54, 1.807) is 18.4 Å². The number of ether oxygens (including phenoxy) is 1. The summed E-state index contributed by atoms with van der Waals surface area (Å²) in [6, 6.07) is 4.23. The molecule has 0 saturated carbocycles. The molecule has 1 fully saturated rings. The van der Waals surface area contributed by atoms with E-state index in [0.717, 1.165) is 61.0 Å². The predicted octanol–water partition coefficient (Wildman–Crippen LogP) is 3.02. The number of furan rings is 1. The Morgan fingerprint density at radius 3 is 2.57 bits per heavy atom. The summed E-state index contributed by atoms with van der Waals surface area (Å²) in [5.74, 6) is 2.69. The summed E-state index contributed by atoms with van der Waals surface area (Å²) in [5, 5.41) is 7.93.